The van der Waals surface area contributed by atoms with Gasteiger partial charge in [-0.05, 0) is 60.1 Å². The van der Waals surface area contributed by atoms with E-state index in [4.69, 9.17) is 14.5 Å². The van der Waals surface area contributed by atoms with Crippen molar-refractivity contribution in [2.24, 2.45) is 0 Å². The summed E-state index contributed by atoms with van der Waals surface area (Å²) in [5.74, 6) is 0.459. The fraction of sp³-hybridized carbons (Fsp3) is 0.440. The SMILES string of the molecule is C=CCCOc1nc(-c2ccnc(C(C)(C)N(CC)C(=O)OC(C)(C)C)c2)cn2ccnc12. The Hall–Kier alpha value is -3.42. The molecule has 0 spiro atoms. The first-order valence-electron chi connectivity index (χ1n) is 11.1. The summed E-state index contributed by atoms with van der Waals surface area (Å²) in [7, 11) is 0. The minimum Gasteiger partial charge on any atom is -0.475 e. The molecule has 3 aromatic heterocycles. The minimum atomic E-state index is -0.699. The Bertz CT molecular complexity index is 1130. The van der Waals surface area contributed by atoms with Crippen molar-refractivity contribution in [1.82, 2.24) is 24.3 Å². The van der Waals surface area contributed by atoms with Crippen LogP contribution in [0.3, 0.4) is 0 Å². The van der Waals surface area contributed by atoms with Crippen LogP contribution in [-0.4, -0.2) is 49.1 Å². The van der Waals surface area contributed by atoms with E-state index in [2.05, 4.69) is 16.5 Å². The number of pyridine rings is 1. The Morgan fingerprint density at radius 1 is 1.21 bits per heavy atom. The topological polar surface area (TPSA) is 81.9 Å². The third-order valence-corrected chi connectivity index (χ3v) is 5.19. The summed E-state index contributed by atoms with van der Waals surface area (Å²) in [4.78, 5) is 28.2. The number of hydrogen-bond donors (Lipinski definition) is 0. The molecule has 3 heterocycles. The zero-order valence-corrected chi connectivity index (χ0v) is 20.3. The predicted molar refractivity (Wildman–Crippen MR) is 128 cm³/mol. The average Bonchev–Trinajstić information content (AvgIpc) is 3.22. The quantitative estimate of drug-likeness (QED) is 0.344. The van der Waals surface area contributed by atoms with E-state index in [1.54, 1.807) is 23.4 Å². The number of nitrogens with zero attached hydrogens (tertiary/aromatic N) is 5. The largest absolute Gasteiger partial charge is 0.475 e. The molecule has 0 fully saturated rings. The van der Waals surface area contributed by atoms with E-state index in [0.717, 1.165) is 11.3 Å². The van der Waals surface area contributed by atoms with Crippen molar-refractivity contribution < 1.29 is 14.3 Å². The number of ether oxygens (including phenoxy) is 2. The second kappa shape index (κ2) is 9.60. The molecule has 0 radical (unpaired) electrons. The highest BCUT2D eigenvalue weighted by Crippen LogP contribution is 2.31. The van der Waals surface area contributed by atoms with Gasteiger partial charge in [0, 0.05) is 36.9 Å². The summed E-state index contributed by atoms with van der Waals surface area (Å²) >= 11 is 0. The lowest BCUT2D eigenvalue weighted by molar-refractivity contribution is 0.00310. The van der Waals surface area contributed by atoms with Gasteiger partial charge in [0.25, 0.3) is 5.88 Å². The standard InChI is InChI=1S/C25H33N5O3/c1-8-10-15-32-22-21-27-13-14-29(21)17-19(28-22)18-11-12-26-20(16-18)25(6,7)30(9-2)23(31)33-24(3,4)5/h8,11-14,16-17H,1,9-10,15H2,2-7H3. The lowest BCUT2D eigenvalue weighted by Gasteiger charge is -2.38. The van der Waals surface area contributed by atoms with Gasteiger partial charge < -0.3 is 13.9 Å². The van der Waals surface area contributed by atoms with Crippen molar-refractivity contribution in [3.05, 3.63) is 55.3 Å². The zero-order valence-electron chi connectivity index (χ0n) is 20.3. The summed E-state index contributed by atoms with van der Waals surface area (Å²) in [5.41, 5.74) is 1.68. The normalized spacial score (nSPS) is 11.9. The summed E-state index contributed by atoms with van der Waals surface area (Å²) in [6.45, 7) is 16.1. The van der Waals surface area contributed by atoms with Crippen LogP contribution in [0, 0.1) is 0 Å². The molecule has 0 aliphatic heterocycles. The zero-order chi connectivity index (χ0) is 24.2. The number of rotatable bonds is 8. The molecule has 0 unspecified atom stereocenters. The molecule has 8 nitrogen and oxygen atoms in total. The Balaban J connectivity index is 1.98. The maximum absolute atomic E-state index is 12.9. The maximum Gasteiger partial charge on any atom is 0.411 e. The molecule has 176 valence electrons. The van der Waals surface area contributed by atoms with Crippen LogP contribution in [0.15, 0.2) is 49.6 Å². The second-order valence-electron chi connectivity index (χ2n) is 9.23. The Labute approximate surface area is 195 Å². The van der Waals surface area contributed by atoms with Crippen LogP contribution in [-0.2, 0) is 10.3 Å². The van der Waals surface area contributed by atoms with E-state index >= 15 is 0 Å². The first-order chi connectivity index (χ1) is 15.6. The second-order valence-corrected chi connectivity index (χ2v) is 9.23. The van der Waals surface area contributed by atoms with E-state index < -0.39 is 11.1 Å². The van der Waals surface area contributed by atoms with Gasteiger partial charge in [0.2, 0.25) is 5.65 Å². The van der Waals surface area contributed by atoms with E-state index in [-0.39, 0.29) is 6.09 Å². The molecule has 0 saturated carbocycles. The fourth-order valence-electron chi connectivity index (χ4n) is 3.51. The van der Waals surface area contributed by atoms with Crippen LogP contribution in [0.25, 0.3) is 16.9 Å². The van der Waals surface area contributed by atoms with Gasteiger partial charge in [0.15, 0.2) is 0 Å². The van der Waals surface area contributed by atoms with Gasteiger partial charge in [-0.1, -0.05) is 6.08 Å². The molecular formula is C25H33N5O3. The van der Waals surface area contributed by atoms with Crippen molar-refractivity contribution in [3.63, 3.8) is 0 Å². The molecule has 33 heavy (non-hydrogen) atoms. The van der Waals surface area contributed by atoms with Crippen molar-refractivity contribution >= 4 is 11.7 Å². The van der Waals surface area contributed by atoms with Crippen LogP contribution < -0.4 is 4.74 Å². The number of imidazole rings is 1. The summed E-state index contributed by atoms with van der Waals surface area (Å²) in [6, 6.07) is 3.84. The Kier molecular flexibility index (Phi) is 7.05. The first-order valence-corrected chi connectivity index (χ1v) is 11.1. The lowest BCUT2D eigenvalue weighted by Crippen LogP contribution is -2.48. The molecule has 3 aromatic rings. The van der Waals surface area contributed by atoms with Crippen LogP contribution in [0.2, 0.25) is 0 Å². The molecule has 0 aliphatic carbocycles. The predicted octanol–water partition coefficient (Wildman–Crippen LogP) is 5.24. The van der Waals surface area contributed by atoms with Gasteiger partial charge >= 0.3 is 6.09 Å². The minimum absolute atomic E-state index is 0.377. The van der Waals surface area contributed by atoms with E-state index in [0.29, 0.717) is 36.8 Å². The third-order valence-electron chi connectivity index (χ3n) is 5.19. The van der Waals surface area contributed by atoms with Crippen molar-refractivity contribution in [2.75, 3.05) is 13.2 Å². The molecule has 0 aliphatic rings. The first kappa shape index (κ1) is 24.2. The third kappa shape index (κ3) is 5.50. The number of hydrogen-bond acceptors (Lipinski definition) is 6. The van der Waals surface area contributed by atoms with E-state index in [9.17, 15) is 4.79 Å². The maximum atomic E-state index is 12.9. The van der Waals surface area contributed by atoms with Crippen LogP contribution in [0.5, 0.6) is 5.88 Å². The molecule has 0 aromatic carbocycles. The number of carbonyl (C=O) groups is 1. The molecule has 0 N–H and O–H groups in total. The lowest BCUT2D eigenvalue weighted by atomic mass is 9.95. The molecule has 0 atom stereocenters. The van der Waals surface area contributed by atoms with Gasteiger partial charge in [-0.15, -0.1) is 6.58 Å². The van der Waals surface area contributed by atoms with Crippen LogP contribution in [0.1, 0.15) is 53.7 Å². The molecular weight excluding hydrogens is 418 g/mol. The van der Waals surface area contributed by atoms with Gasteiger partial charge in [-0.2, -0.15) is 0 Å². The Morgan fingerprint density at radius 3 is 2.64 bits per heavy atom. The van der Waals surface area contributed by atoms with Gasteiger partial charge in [0.05, 0.1) is 23.5 Å². The number of aromatic nitrogens is 4. The number of amides is 1. The highest BCUT2D eigenvalue weighted by Gasteiger charge is 2.35. The molecule has 3 rings (SSSR count). The fourth-order valence-corrected chi connectivity index (χ4v) is 3.51. The molecule has 8 heteroatoms. The van der Waals surface area contributed by atoms with Gasteiger partial charge in [0.1, 0.15) is 5.60 Å². The number of fused-ring (bicyclic) bond motifs is 1. The highest BCUT2D eigenvalue weighted by atomic mass is 16.6. The van der Waals surface area contributed by atoms with Crippen molar-refractivity contribution in [1.29, 1.82) is 0 Å². The average molecular weight is 452 g/mol. The van der Waals surface area contributed by atoms with Crippen LogP contribution >= 0.6 is 0 Å². The van der Waals surface area contributed by atoms with Crippen molar-refractivity contribution in [2.45, 2.75) is 59.1 Å². The monoisotopic (exact) mass is 451 g/mol. The summed E-state index contributed by atoms with van der Waals surface area (Å²) in [6.07, 6.45) is 9.33. The number of carbonyl (C=O) groups excluding carboxylic acids is 1. The smallest absolute Gasteiger partial charge is 0.411 e. The summed E-state index contributed by atoms with van der Waals surface area (Å²) < 4.78 is 13.4. The molecule has 0 saturated heterocycles. The van der Waals surface area contributed by atoms with E-state index in [1.165, 1.54) is 0 Å². The van der Waals surface area contributed by atoms with Gasteiger partial charge in [-0.3, -0.25) is 9.88 Å². The molecule has 0 bridgehead atoms. The van der Waals surface area contributed by atoms with E-state index in [1.807, 2.05) is 70.5 Å². The highest BCUT2D eigenvalue weighted by molar-refractivity contribution is 5.70. The molecule has 1 amide bonds. The van der Waals surface area contributed by atoms with Gasteiger partial charge in [-0.25, -0.2) is 14.8 Å². The van der Waals surface area contributed by atoms with Crippen LogP contribution in [0.4, 0.5) is 4.79 Å². The Morgan fingerprint density at radius 2 is 1.97 bits per heavy atom. The summed E-state index contributed by atoms with van der Waals surface area (Å²) in [5, 5.41) is 0. The van der Waals surface area contributed by atoms with Crippen molar-refractivity contribution in [3.8, 4) is 17.1 Å².